The van der Waals surface area contributed by atoms with Gasteiger partial charge in [-0.05, 0) is 44.4 Å². The number of hydrogen-bond acceptors (Lipinski definition) is 5. The molecule has 1 amide bonds. The first kappa shape index (κ1) is 27.2. The largest absolute Gasteiger partial charge is 0.481 e. The lowest BCUT2D eigenvalue weighted by Gasteiger charge is -2.53. The van der Waals surface area contributed by atoms with Crippen LogP contribution in [0.2, 0.25) is 0 Å². The first-order chi connectivity index (χ1) is 12.8. The summed E-state index contributed by atoms with van der Waals surface area (Å²) in [6.07, 6.45) is -0.639. The summed E-state index contributed by atoms with van der Waals surface area (Å²) in [5, 5.41) is 32.1. The molecular formula is C21H39NO7. The van der Waals surface area contributed by atoms with E-state index in [-0.39, 0.29) is 19.4 Å². The molecular weight excluding hydrogens is 378 g/mol. The predicted molar refractivity (Wildman–Crippen MR) is 110 cm³/mol. The van der Waals surface area contributed by atoms with Gasteiger partial charge in [-0.3, -0.25) is 4.79 Å². The number of carboxylic acids is 2. The molecule has 0 aliphatic heterocycles. The zero-order valence-electron chi connectivity index (χ0n) is 19.3. The molecule has 4 N–H and O–H groups in total. The summed E-state index contributed by atoms with van der Waals surface area (Å²) >= 11 is 0. The maximum Gasteiger partial charge on any atom is 0.408 e. The third-order valence-corrected chi connectivity index (χ3v) is 5.01. The summed E-state index contributed by atoms with van der Waals surface area (Å²) in [4.78, 5) is 37.6. The van der Waals surface area contributed by atoms with Crippen molar-refractivity contribution in [3.63, 3.8) is 0 Å². The van der Waals surface area contributed by atoms with Crippen molar-refractivity contribution in [1.82, 2.24) is 5.32 Å². The summed E-state index contributed by atoms with van der Waals surface area (Å²) in [6, 6.07) is 0. The van der Waals surface area contributed by atoms with Gasteiger partial charge in [0.2, 0.25) is 0 Å². The number of aliphatic carboxylic acids is 2. The molecule has 0 aliphatic rings. The number of carbonyl (C=O) groups is 3. The van der Waals surface area contributed by atoms with E-state index in [1.54, 1.807) is 62.3 Å². The number of aliphatic hydroxyl groups is 1. The second kappa shape index (κ2) is 9.32. The van der Waals surface area contributed by atoms with Crippen molar-refractivity contribution in [2.24, 2.45) is 22.7 Å². The number of amides is 1. The molecule has 0 saturated carbocycles. The number of rotatable bonds is 8. The average Bonchev–Trinajstić information content (AvgIpc) is 2.44. The number of ether oxygens (including phenoxy) is 1. The normalized spacial score (nSPS) is 17.0. The van der Waals surface area contributed by atoms with Gasteiger partial charge in [-0.2, -0.15) is 0 Å². The number of carbonyl (C=O) groups excluding carboxylic acids is 1. The summed E-state index contributed by atoms with van der Waals surface area (Å²) in [5.74, 6) is -4.60. The van der Waals surface area contributed by atoms with Crippen LogP contribution < -0.4 is 5.32 Å². The van der Waals surface area contributed by atoms with Crippen molar-refractivity contribution >= 4 is 18.0 Å². The third kappa shape index (κ3) is 6.87. The molecule has 8 heteroatoms. The van der Waals surface area contributed by atoms with Crippen LogP contribution in [0.1, 0.15) is 75.2 Å². The van der Waals surface area contributed by atoms with Gasteiger partial charge in [0.1, 0.15) is 11.1 Å². The Morgan fingerprint density at radius 1 is 0.931 bits per heavy atom. The van der Waals surface area contributed by atoms with Gasteiger partial charge in [-0.1, -0.05) is 41.5 Å². The van der Waals surface area contributed by atoms with Gasteiger partial charge in [0.25, 0.3) is 0 Å². The number of aliphatic hydroxyl groups excluding tert-OH is 1. The Morgan fingerprint density at radius 3 is 1.69 bits per heavy atom. The highest BCUT2D eigenvalue weighted by atomic mass is 16.6. The third-order valence-electron chi connectivity index (χ3n) is 5.01. The van der Waals surface area contributed by atoms with Gasteiger partial charge in [0.05, 0.1) is 5.92 Å². The maximum absolute atomic E-state index is 12.7. The molecule has 0 radical (unpaired) electrons. The van der Waals surface area contributed by atoms with E-state index in [2.05, 4.69) is 5.32 Å². The Bertz CT molecular complexity index is 596. The molecule has 0 aromatic carbocycles. The molecule has 0 heterocycles. The van der Waals surface area contributed by atoms with Crippen LogP contribution in [0.15, 0.2) is 0 Å². The number of hydrogen-bond donors (Lipinski definition) is 4. The van der Waals surface area contributed by atoms with Crippen LogP contribution in [0, 0.1) is 22.7 Å². The highest BCUT2D eigenvalue weighted by Gasteiger charge is 2.62. The number of nitrogens with one attached hydrogen (secondary N) is 1. The van der Waals surface area contributed by atoms with Gasteiger partial charge in [0.15, 0.2) is 0 Å². The lowest BCUT2D eigenvalue weighted by molar-refractivity contribution is -0.166. The smallest absolute Gasteiger partial charge is 0.408 e. The lowest BCUT2D eigenvalue weighted by atomic mass is 9.54. The molecule has 0 aliphatic carbocycles. The first-order valence-electron chi connectivity index (χ1n) is 9.89. The van der Waals surface area contributed by atoms with Gasteiger partial charge in [0, 0.05) is 12.5 Å². The fourth-order valence-corrected chi connectivity index (χ4v) is 4.00. The molecule has 0 saturated heterocycles. The summed E-state index contributed by atoms with van der Waals surface area (Å²) in [7, 11) is 0. The van der Waals surface area contributed by atoms with E-state index in [1.807, 2.05) is 0 Å². The van der Waals surface area contributed by atoms with Crippen LogP contribution in [-0.2, 0) is 14.3 Å². The van der Waals surface area contributed by atoms with E-state index in [1.165, 1.54) is 0 Å². The molecule has 170 valence electrons. The summed E-state index contributed by atoms with van der Waals surface area (Å²) < 4.78 is 5.32. The van der Waals surface area contributed by atoms with Crippen LogP contribution in [-0.4, -0.2) is 51.1 Å². The van der Waals surface area contributed by atoms with Gasteiger partial charge in [-0.25, -0.2) is 9.59 Å². The second-order valence-corrected chi connectivity index (χ2v) is 10.6. The molecule has 0 bridgehead atoms. The fourth-order valence-electron chi connectivity index (χ4n) is 4.00. The van der Waals surface area contributed by atoms with Crippen LogP contribution in [0.3, 0.4) is 0 Å². The Kier molecular flexibility index (Phi) is 8.73. The average molecular weight is 418 g/mol. The Balaban J connectivity index is 6.78. The number of alkyl carbamates (subject to hydrolysis) is 1. The Morgan fingerprint density at radius 2 is 1.41 bits per heavy atom. The predicted octanol–water partition coefficient (Wildman–Crippen LogP) is 3.52. The Labute approximate surface area is 174 Å². The van der Waals surface area contributed by atoms with E-state index in [0.717, 1.165) is 0 Å². The molecule has 0 aromatic heterocycles. The molecule has 0 fully saturated rings. The highest BCUT2D eigenvalue weighted by molar-refractivity contribution is 5.87. The zero-order chi connectivity index (χ0) is 23.4. The van der Waals surface area contributed by atoms with E-state index >= 15 is 0 Å². The number of carboxylic acid groups (broad SMARTS) is 2. The van der Waals surface area contributed by atoms with Crippen LogP contribution in [0.4, 0.5) is 4.79 Å². The minimum atomic E-state index is -1.94. The maximum atomic E-state index is 12.7. The lowest BCUT2D eigenvalue weighted by Crippen LogP contribution is -2.71. The van der Waals surface area contributed by atoms with Crippen molar-refractivity contribution in [2.75, 3.05) is 6.61 Å². The van der Waals surface area contributed by atoms with Crippen molar-refractivity contribution in [3.05, 3.63) is 0 Å². The van der Waals surface area contributed by atoms with Crippen molar-refractivity contribution < 1.29 is 34.4 Å². The zero-order valence-corrected chi connectivity index (χ0v) is 19.3. The quantitative estimate of drug-likeness (QED) is 0.475. The summed E-state index contributed by atoms with van der Waals surface area (Å²) in [5.41, 5.74) is -4.65. The van der Waals surface area contributed by atoms with Crippen LogP contribution in [0.5, 0.6) is 0 Å². The van der Waals surface area contributed by atoms with Crippen LogP contribution >= 0.6 is 0 Å². The molecule has 29 heavy (non-hydrogen) atoms. The van der Waals surface area contributed by atoms with Gasteiger partial charge >= 0.3 is 18.0 Å². The molecule has 3 atom stereocenters. The second-order valence-electron chi connectivity index (χ2n) is 10.6. The Hall–Kier alpha value is -1.83. The van der Waals surface area contributed by atoms with E-state index in [4.69, 9.17) is 4.74 Å². The standard InChI is InChI=1S/C21H39NO7/c1-18(2,3)14(13(15(24)25)11-10-12-23)21(16(26)27,19(4,5)6)22-17(28)29-20(7,8)9/h13-14,23H,10-12H2,1-9H3,(H,22,28)(H,24,25)(H,26,27)/t13-,14?,21+/m0/s1. The minimum absolute atomic E-state index is 0.0783. The molecule has 8 nitrogen and oxygen atoms in total. The molecule has 0 spiro atoms. The molecule has 0 aromatic rings. The molecule has 0 rings (SSSR count). The monoisotopic (exact) mass is 417 g/mol. The molecule has 1 unspecified atom stereocenters. The van der Waals surface area contributed by atoms with Crippen LogP contribution in [0.25, 0.3) is 0 Å². The van der Waals surface area contributed by atoms with Gasteiger partial charge in [-0.15, -0.1) is 0 Å². The van der Waals surface area contributed by atoms with Crippen molar-refractivity contribution in [1.29, 1.82) is 0 Å². The fraction of sp³-hybridized carbons (Fsp3) is 0.857. The highest BCUT2D eigenvalue weighted by Crippen LogP contribution is 2.50. The minimum Gasteiger partial charge on any atom is -0.481 e. The van der Waals surface area contributed by atoms with E-state index in [0.29, 0.717) is 0 Å². The topological polar surface area (TPSA) is 133 Å². The first-order valence-corrected chi connectivity index (χ1v) is 9.89. The van der Waals surface area contributed by atoms with E-state index in [9.17, 15) is 29.7 Å². The van der Waals surface area contributed by atoms with Gasteiger partial charge < -0.3 is 25.4 Å². The van der Waals surface area contributed by atoms with Crippen molar-refractivity contribution in [2.45, 2.75) is 86.3 Å². The van der Waals surface area contributed by atoms with E-state index < -0.39 is 51.8 Å². The SMILES string of the molecule is CC(C)(C)OC(=O)N[C@@](C(=O)O)(C([C@H](CCCO)C(=O)O)C(C)(C)C)C(C)(C)C. The van der Waals surface area contributed by atoms with Crippen molar-refractivity contribution in [3.8, 4) is 0 Å². The summed E-state index contributed by atoms with van der Waals surface area (Å²) in [6.45, 7) is 15.0.